The molecule has 0 aromatic rings. The van der Waals surface area contributed by atoms with Crippen molar-refractivity contribution in [3.05, 3.63) is 61.3 Å². The highest BCUT2D eigenvalue weighted by Crippen LogP contribution is 2.62. The molecule has 4 aliphatic rings. The molecule has 0 amide bonds. The van der Waals surface area contributed by atoms with Gasteiger partial charge in [-0.15, -0.1) is 6.58 Å². The minimum atomic E-state index is 0.477. The number of fused-ring (bicyclic) bond motifs is 3. The lowest BCUT2D eigenvalue weighted by atomic mass is 9.58. The zero-order valence-corrected chi connectivity index (χ0v) is 16.5. The summed E-state index contributed by atoms with van der Waals surface area (Å²) in [7, 11) is 0. The third-order valence-corrected chi connectivity index (χ3v) is 8.14. The number of rotatable bonds is 7. The van der Waals surface area contributed by atoms with Crippen LogP contribution in [0.25, 0.3) is 0 Å². The maximum atomic E-state index is 3.92. The summed E-state index contributed by atoms with van der Waals surface area (Å²) in [6, 6.07) is 0. The Kier molecular flexibility index (Phi) is 5.39. The lowest BCUT2D eigenvalue weighted by Gasteiger charge is -2.46. The lowest BCUT2D eigenvalue weighted by molar-refractivity contribution is 0.0423. The van der Waals surface area contributed by atoms with E-state index in [1.54, 1.807) is 0 Å². The van der Waals surface area contributed by atoms with E-state index >= 15 is 0 Å². The second-order valence-electron chi connectivity index (χ2n) is 9.40. The van der Waals surface area contributed by atoms with Gasteiger partial charge in [0.15, 0.2) is 0 Å². The average molecular weight is 349 g/mol. The molecule has 0 heterocycles. The first-order valence-electron chi connectivity index (χ1n) is 11.1. The molecular weight excluding hydrogens is 312 g/mol. The molecule has 0 aromatic heterocycles. The van der Waals surface area contributed by atoms with Crippen molar-refractivity contribution in [2.45, 2.75) is 58.3 Å². The molecule has 0 heteroatoms. The van der Waals surface area contributed by atoms with Crippen LogP contribution in [0.4, 0.5) is 0 Å². The standard InChI is InChI=1S/C26H36/c1-3-4-5-12-19-26(2,20-13-6-7-14-20)25-23-17-10-8-15-21(23)22-16-9-11-18-24(22)25/h3,8-11,15-18,20-25H,1,4-7,12-14,19H2,2H3. The normalized spacial score (nSPS) is 37.5. The van der Waals surface area contributed by atoms with Crippen LogP contribution in [0.2, 0.25) is 0 Å². The SMILES string of the molecule is C=CCCCCC(C)(C1CCCC1)C1C2C=CC=CC2C2C=CC=CC21. The summed E-state index contributed by atoms with van der Waals surface area (Å²) in [6.45, 7) is 6.60. The Morgan fingerprint density at radius 2 is 1.38 bits per heavy atom. The van der Waals surface area contributed by atoms with Crippen LogP contribution in [0.1, 0.15) is 58.3 Å². The second kappa shape index (κ2) is 7.75. The Morgan fingerprint density at radius 3 is 1.92 bits per heavy atom. The minimum Gasteiger partial charge on any atom is -0.103 e. The first kappa shape index (κ1) is 18.1. The molecule has 2 fully saturated rings. The summed E-state index contributed by atoms with van der Waals surface area (Å²) in [5.41, 5.74) is 0.477. The molecule has 0 nitrogen and oxygen atoms in total. The summed E-state index contributed by atoms with van der Waals surface area (Å²) in [5.74, 6) is 4.61. The van der Waals surface area contributed by atoms with Crippen molar-refractivity contribution in [3.8, 4) is 0 Å². The number of unbranched alkanes of at least 4 members (excludes halogenated alkanes) is 2. The quantitative estimate of drug-likeness (QED) is 0.335. The molecule has 0 aromatic carbocycles. The molecule has 140 valence electrons. The van der Waals surface area contributed by atoms with E-state index in [0.717, 1.165) is 23.7 Å². The van der Waals surface area contributed by atoms with Gasteiger partial charge in [-0.2, -0.15) is 0 Å². The van der Waals surface area contributed by atoms with Crippen LogP contribution in [0.5, 0.6) is 0 Å². The van der Waals surface area contributed by atoms with Crippen molar-refractivity contribution < 1.29 is 0 Å². The highest BCUT2D eigenvalue weighted by molar-refractivity contribution is 5.30. The van der Waals surface area contributed by atoms with Crippen molar-refractivity contribution in [2.24, 2.45) is 40.9 Å². The molecule has 5 atom stereocenters. The van der Waals surface area contributed by atoms with Crippen molar-refractivity contribution in [3.63, 3.8) is 0 Å². The summed E-state index contributed by atoms with van der Waals surface area (Å²) in [6.07, 6.45) is 32.6. The topological polar surface area (TPSA) is 0 Å². The maximum absolute atomic E-state index is 3.92. The van der Waals surface area contributed by atoms with E-state index in [-0.39, 0.29) is 0 Å². The molecule has 0 N–H and O–H groups in total. The third-order valence-electron chi connectivity index (χ3n) is 8.14. The molecule has 5 unspecified atom stereocenters. The van der Waals surface area contributed by atoms with Crippen molar-refractivity contribution in [1.82, 2.24) is 0 Å². The van der Waals surface area contributed by atoms with Gasteiger partial charge in [-0.3, -0.25) is 0 Å². The molecule has 0 radical (unpaired) electrons. The Morgan fingerprint density at radius 1 is 0.846 bits per heavy atom. The van der Waals surface area contributed by atoms with Crippen LogP contribution in [-0.2, 0) is 0 Å². The smallest absolute Gasteiger partial charge is 0.00954 e. The van der Waals surface area contributed by atoms with Gasteiger partial charge in [0.1, 0.15) is 0 Å². The Balaban J connectivity index is 1.65. The van der Waals surface area contributed by atoms with Crippen molar-refractivity contribution in [2.75, 3.05) is 0 Å². The summed E-state index contributed by atoms with van der Waals surface area (Å²) >= 11 is 0. The van der Waals surface area contributed by atoms with Crippen LogP contribution < -0.4 is 0 Å². The summed E-state index contributed by atoms with van der Waals surface area (Å²) in [5, 5.41) is 0. The molecule has 2 saturated carbocycles. The Bertz CT molecular complexity index is 578. The fraction of sp³-hybridized carbons (Fsp3) is 0.615. The highest BCUT2D eigenvalue weighted by atomic mass is 14.6. The van der Waals surface area contributed by atoms with Crippen molar-refractivity contribution >= 4 is 0 Å². The predicted octanol–water partition coefficient (Wildman–Crippen LogP) is 7.28. The third kappa shape index (κ3) is 3.10. The van der Waals surface area contributed by atoms with E-state index in [1.807, 2.05) is 0 Å². The molecule has 4 aliphatic carbocycles. The molecule has 0 spiro atoms. The van der Waals surface area contributed by atoms with Gasteiger partial charge in [0.25, 0.3) is 0 Å². The van der Waals surface area contributed by atoms with Crippen LogP contribution in [0.15, 0.2) is 61.3 Å². The van der Waals surface area contributed by atoms with Gasteiger partial charge in [0.05, 0.1) is 0 Å². The van der Waals surface area contributed by atoms with Gasteiger partial charge < -0.3 is 0 Å². The van der Waals surface area contributed by atoms with E-state index in [2.05, 4.69) is 68.2 Å². The first-order chi connectivity index (χ1) is 12.8. The van der Waals surface area contributed by atoms with Gasteiger partial charge in [-0.25, -0.2) is 0 Å². The van der Waals surface area contributed by atoms with Crippen molar-refractivity contribution in [1.29, 1.82) is 0 Å². The zero-order chi connectivity index (χ0) is 18.0. The van der Waals surface area contributed by atoms with Gasteiger partial charge >= 0.3 is 0 Å². The van der Waals surface area contributed by atoms with Gasteiger partial charge in [0, 0.05) is 0 Å². The lowest BCUT2D eigenvalue weighted by Crippen LogP contribution is -2.40. The largest absolute Gasteiger partial charge is 0.103 e. The van der Waals surface area contributed by atoms with Gasteiger partial charge in [-0.05, 0) is 73.0 Å². The van der Waals surface area contributed by atoms with E-state index < -0.39 is 0 Å². The second-order valence-corrected chi connectivity index (χ2v) is 9.40. The zero-order valence-electron chi connectivity index (χ0n) is 16.5. The van der Waals surface area contributed by atoms with Crippen LogP contribution >= 0.6 is 0 Å². The van der Waals surface area contributed by atoms with E-state index in [9.17, 15) is 0 Å². The number of hydrogen-bond donors (Lipinski definition) is 0. The monoisotopic (exact) mass is 348 g/mol. The number of hydrogen-bond acceptors (Lipinski definition) is 0. The summed E-state index contributed by atoms with van der Waals surface area (Å²) < 4.78 is 0. The molecule has 26 heavy (non-hydrogen) atoms. The Labute approximate surface area is 160 Å². The first-order valence-corrected chi connectivity index (χ1v) is 11.1. The number of allylic oxidation sites excluding steroid dienone is 9. The van der Waals surface area contributed by atoms with Gasteiger partial charge in [0.2, 0.25) is 0 Å². The average Bonchev–Trinajstić information content (AvgIpc) is 3.32. The fourth-order valence-corrected chi connectivity index (χ4v) is 6.93. The minimum absolute atomic E-state index is 0.477. The summed E-state index contributed by atoms with van der Waals surface area (Å²) in [4.78, 5) is 0. The molecule has 0 aliphatic heterocycles. The van der Waals surface area contributed by atoms with Gasteiger partial charge in [-0.1, -0.05) is 80.9 Å². The van der Waals surface area contributed by atoms with E-state index in [0.29, 0.717) is 17.3 Å². The highest BCUT2D eigenvalue weighted by Gasteiger charge is 2.55. The Hall–Kier alpha value is -1.30. The van der Waals surface area contributed by atoms with E-state index in [1.165, 1.54) is 51.4 Å². The van der Waals surface area contributed by atoms with Crippen LogP contribution in [-0.4, -0.2) is 0 Å². The molecular formula is C26H36. The molecule has 4 rings (SSSR count). The fourth-order valence-electron chi connectivity index (χ4n) is 6.93. The van der Waals surface area contributed by atoms with E-state index in [4.69, 9.17) is 0 Å². The molecule has 0 bridgehead atoms. The maximum Gasteiger partial charge on any atom is -0.00954 e. The van der Waals surface area contributed by atoms with Crippen LogP contribution in [0.3, 0.4) is 0 Å². The predicted molar refractivity (Wildman–Crippen MR) is 113 cm³/mol. The molecule has 0 saturated heterocycles. The van der Waals surface area contributed by atoms with Crippen LogP contribution in [0, 0.1) is 40.9 Å².